The van der Waals surface area contributed by atoms with E-state index in [2.05, 4.69) is 29.4 Å². The average molecular weight is 397 g/mol. The summed E-state index contributed by atoms with van der Waals surface area (Å²) in [5.41, 5.74) is 3.77. The smallest absolute Gasteiger partial charge is 0.257 e. The molecule has 0 aromatic heterocycles. The van der Waals surface area contributed by atoms with Crippen molar-refractivity contribution in [1.82, 2.24) is 4.90 Å². The van der Waals surface area contributed by atoms with Crippen molar-refractivity contribution in [3.8, 4) is 5.75 Å². The summed E-state index contributed by atoms with van der Waals surface area (Å²) in [5.74, 6) is -0.360. The molecule has 6 heteroatoms. The number of benzene rings is 2. The fraction of sp³-hybridized carbons (Fsp3) is 0.348. The molecule has 0 radical (unpaired) electrons. The number of carbonyl (C=O) groups is 1. The van der Waals surface area contributed by atoms with E-state index in [-0.39, 0.29) is 11.7 Å². The van der Waals surface area contributed by atoms with Crippen LogP contribution < -0.4 is 15.4 Å². The van der Waals surface area contributed by atoms with Crippen LogP contribution in [0, 0.1) is 12.7 Å². The summed E-state index contributed by atoms with van der Waals surface area (Å²) in [6, 6.07) is 10.5. The summed E-state index contributed by atoms with van der Waals surface area (Å²) < 4.78 is 20.0. The molecule has 0 atom stereocenters. The molecule has 0 saturated carbocycles. The largest absolute Gasteiger partial charge is 0.490 e. The van der Waals surface area contributed by atoms with Gasteiger partial charge in [-0.05, 0) is 50.2 Å². The highest BCUT2D eigenvalue weighted by atomic mass is 19.1. The van der Waals surface area contributed by atoms with Gasteiger partial charge in [-0.15, -0.1) is 0 Å². The minimum atomic E-state index is -0.427. The van der Waals surface area contributed by atoms with Crippen LogP contribution in [0.1, 0.15) is 31.4 Å². The second-order valence-corrected chi connectivity index (χ2v) is 7.03. The van der Waals surface area contributed by atoms with Crippen LogP contribution in [0.3, 0.4) is 0 Å². The third kappa shape index (κ3) is 4.95. The van der Waals surface area contributed by atoms with Crippen LogP contribution in [0.4, 0.5) is 15.8 Å². The van der Waals surface area contributed by atoms with Gasteiger partial charge in [-0.2, -0.15) is 0 Å². The van der Waals surface area contributed by atoms with Crippen molar-refractivity contribution in [2.24, 2.45) is 0 Å². The van der Waals surface area contributed by atoms with Crippen molar-refractivity contribution in [3.63, 3.8) is 0 Å². The van der Waals surface area contributed by atoms with Crippen LogP contribution in [0.15, 0.2) is 42.6 Å². The normalized spacial score (nSPS) is 14.2. The number of hydrogen-bond donors (Lipinski definition) is 2. The standard InChI is InChI=1S/C23H28FN3O2/c1-4-27(5-2)12-7-13-29-21-11-10-17(14-19(21)24)25-15-18-22-16(3)8-6-9-20(22)26-23(18)28/h6,8-11,14-15,25H,4-5,7,12-13H2,1-3H3,(H,26,28). The van der Waals surface area contributed by atoms with E-state index in [0.717, 1.165) is 42.9 Å². The van der Waals surface area contributed by atoms with E-state index >= 15 is 0 Å². The van der Waals surface area contributed by atoms with Gasteiger partial charge in [-0.25, -0.2) is 4.39 Å². The summed E-state index contributed by atoms with van der Waals surface area (Å²) in [6.45, 7) is 9.62. The summed E-state index contributed by atoms with van der Waals surface area (Å²) >= 11 is 0. The molecule has 154 valence electrons. The summed E-state index contributed by atoms with van der Waals surface area (Å²) in [6.07, 6.45) is 2.47. The first-order valence-corrected chi connectivity index (χ1v) is 10.1. The Morgan fingerprint density at radius 3 is 2.72 bits per heavy atom. The molecule has 29 heavy (non-hydrogen) atoms. The lowest BCUT2D eigenvalue weighted by Gasteiger charge is -2.17. The first-order chi connectivity index (χ1) is 14.0. The Labute approximate surface area is 171 Å². The lowest BCUT2D eigenvalue weighted by Crippen LogP contribution is -2.25. The molecule has 0 aliphatic carbocycles. The lowest BCUT2D eigenvalue weighted by atomic mass is 10.0. The van der Waals surface area contributed by atoms with E-state index in [4.69, 9.17) is 4.74 Å². The number of nitrogens with one attached hydrogen (secondary N) is 2. The molecule has 2 aromatic carbocycles. The van der Waals surface area contributed by atoms with Gasteiger partial charge in [0.05, 0.1) is 12.2 Å². The van der Waals surface area contributed by atoms with Gasteiger partial charge in [-0.1, -0.05) is 26.0 Å². The van der Waals surface area contributed by atoms with E-state index in [1.165, 1.54) is 6.07 Å². The topological polar surface area (TPSA) is 53.6 Å². The SMILES string of the molecule is CCN(CC)CCCOc1ccc(NC=C2C(=O)Nc3cccc(C)c32)cc1F. The molecule has 0 spiro atoms. The summed E-state index contributed by atoms with van der Waals surface area (Å²) in [4.78, 5) is 14.6. The zero-order chi connectivity index (χ0) is 20.8. The number of halogens is 1. The van der Waals surface area contributed by atoms with E-state index in [1.54, 1.807) is 18.3 Å². The van der Waals surface area contributed by atoms with Gasteiger partial charge in [0, 0.05) is 35.7 Å². The molecular formula is C23H28FN3O2. The van der Waals surface area contributed by atoms with Crippen LogP contribution in [-0.4, -0.2) is 37.0 Å². The molecular weight excluding hydrogens is 369 g/mol. The van der Waals surface area contributed by atoms with Crippen molar-refractivity contribution < 1.29 is 13.9 Å². The number of aryl methyl sites for hydroxylation is 1. The fourth-order valence-electron chi connectivity index (χ4n) is 3.44. The minimum absolute atomic E-state index is 0.171. The first kappa shape index (κ1) is 20.9. The van der Waals surface area contributed by atoms with E-state index < -0.39 is 5.82 Å². The van der Waals surface area contributed by atoms with Crippen LogP contribution >= 0.6 is 0 Å². The molecule has 0 fully saturated rings. The van der Waals surface area contributed by atoms with E-state index in [1.807, 2.05) is 25.1 Å². The van der Waals surface area contributed by atoms with Gasteiger partial charge in [0.1, 0.15) is 0 Å². The maximum atomic E-state index is 14.4. The molecule has 0 saturated heterocycles. The third-order valence-electron chi connectivity index (χ3n) is 5.12. The molecule has 1 heterocycles. The fourth-order valence-corrected chi connectivity index (χ4v) is 3.44. The molecule has 5 nitrogen and oxygen atoms in total. The number of fused-ring (bicyclic) bond motifs is 1. The lowest BCUT2D eigenvalue weighted by molar-refractivity contribution is -0.110. The molecule has 0 bridgehead atoms. The molecule has 1 aliphatic rings. The molecule has 1 aliphatic heterocycles. The number of hydrogen-bond acceptors (Lipinski definition) is 4. The van der Waals surface area contributed by atoms with Crippen molar-refractivity contribution >= 4 is 22.9 Å². The number of ether oxygens (including phenoxy) is 1. The molecule has 2 N–H and O–H groups in total. The Morgan fingerprint density at radius 2 is 2.00 bits per heavy atom. The number of rotatable bonds is 9. The quantitative estimate of drug-likeness (QED) is 0.478. The predicted molar refractivity (Wildman–Crippen MR) is 116 cm³/mol. The Kier molecular flexibility index (Phi) is 6.88. The summed E-state index contributed by atoms with van der Waals surface area (Å²) in [5, 5.41) is 5.87. The predicted octanol–water partition coefficient (Wildman–Crippen LogP) is 4.65. The van der Waals surface area contributed by atoms with Crippen LogP contribution in [0.25, 0.3) is 5.57 Å². The Bertz CT molecular complexity index is 907. The molecule has 1 amide bonds. The van der Waals surface area contributed by atoms with Gasteiger partial charge in [-0.3, -0.25) is 4.79 Å². The van der Waals surface area contributed by atoms with Crippen molar-refractivity contribution in [2.45, 2.75) is 27.2 Å². The van der Waals surface area contributed by atoms with E-state index in [0.29, 0.717) is 17.9 Å². The highest BCUT2D eigenvalue weighted by Crippen LogP contribution is 2.34. The Balaban J connectivity index is 1.62. The van der Waals surface area contributed by atoms with Crippen molar-refractivity contribution in [3.05, 3.63) is 59.5 Å². The van der Waals surface area contributed by atoms with Gasteiger partial charge in [0.25, 0.3) is 5.91 Å². The van der Waals surface area contributed by atoms with Gasteiger partial charge >= 0.3 is 0 Å². The second kappa shape index (κ2) is 9.56. The highest BCUT2D eigenvalue weighted by Gasteiger charge is 2.25. The molecule has 0 unspecified atom stereocenters. The number of anilines is 2. The number of amides is 1. The third-order valence-corrected chi connectivity index (χ3v) is 5.12. The molecule has 3 rings (SSSR count). The van der Waals surface area contributed by atoms with Gasteiger partial charge in [0.15, 0.2) is 11.6 Å². The zero-order valence-corrected chi connectivity index (χ0v) is 17.2. The number of carbonyl (C=O) groups excluding carboxylic acids is 1. The Morgan fingerprint density at radius 1 is 1.21 bits per heavy atom. The van der Waals surface area contributed by atoms with Crippen molar-refractivity contribution in [1.29, 1.82) is 0 Å². The van der Waals surface area contributed by atoms with Gasteiger partial charge in [0.2, 0.25) is 0 Å². The monoisotopic (exact) mass is 397 g/mol. The first-order valence-electron chi connectivity index (χ1n) is 10.1. The highest BCUT2D eigenvalue weighted by molar-refractivity contribution is 6.32. The second-order valence-electron chi connectivity index (χ2n) is 7.03. The zero-order valence-electron chi connectivity index (χ0n) is 17.2. The summed E-state index contributed by atoms with van der Waals surface area (Å²) in [7, 11) is 0. The van der Waals surface area contributed by atoms with Crippen LogP contribution in [0.5, 0.6) is 5.75 Å². The van der Waals surface area contributed by atoms with Crippen molar-refractivity contribution in [2.75, 3.05) is 36.9 Å². The average Bonchev–Trinajstić information content (AvgIpc) is 3.04. The maximum absolute atomic E-state index is 14.4. The van der Waals surface area contributed by atoms with Crippen LogP contribution in [0.2, 0.25) is 0 Å². The Hall–Kier alpha value is -2.86. The minimum Gasteiger partial charge on any atom is -0.490 e. The van der Waals surface area contributed by atoms with E-state index in [9.17, 15) is 9.18 Å². The van der Waals surface area contributed by atoms with Gasteiger partial charge < -0.3 is 20.3 Å². The molecule has 2 aromatic rings. The van der Waals surface area contributed by atoms with Crippen LogP contribution in [-0.2, 0) is 4.79 Å². The maximum Gasteiger partial charge on any atom is 0.257 e. The number of nitrogens with zero attached hydrogens (tertiary/aromatic N) is 1.